The van der Waals surface area contributed by atoms with Crippen LogP contribution in [0.5, 0.6) is 0 Å². The first-order valence-electron chi connectivity index (χ1n) is 7.71. The zero-order valence-corrected chi connectivity index (χ0v) is 14.7. The maximum absolute atomic E-state index is 11.2. The number of benzene rings is 2. The molecule has 0 unspecified atom stereocenters. The Morgan fingerprint density at radius 2 is 2.08 bits per heavy atom. The number of hydrogen-bond donors (Lipinski definition) is 1. The van der Waals surface area contributed by atoms with Crippen LogP contribution in [0.25, 0.3) is 22.9 Å². The third-order valence-corrected chi connectivity index (χ3v) is 4.60. The lowest BCUT2D eigenvalue weighted by atomic mass is 10.1. The monoisotopic (exact) mass is 362 g/mol. The summed E-state index contributed by atoms with van der Waals surface area (Å²) in [5, 5.41) is 25.9. The third kappa shape index (κ3) is 3.61. The highest BCUT2D eigenvalue weighted by Gasteiger charge is 2.14. The molecule has 0 aliphatic rings. The van der Waals surface area contributed by atoms with Gasteiger partial charge in [0.1, 0.15) is 16.8 Å². The molecule has 6 nitrogen and oxygen atoms in total. The molecule has 0 aliphatic heterocycles. The highest BCUT2D eigenvalue weighted by Crippen LogP contribution is 2.29. The molecule has 2 aromatic carbocycles. The van der Waals surface area contributed by atoms with Crippen LogP contribution in [0.15, 0.2) is 53.9 Å². The van der Waals surface area contributed by atoms with Gasteiger partial charge >= 0.3 is 0 Å². The van der Waals surface area contributed by atoms with Gasteiger partial charge in [-0.05, 0) is 17.7 Å². The van der Waals surface area contributed by atoms with Gasteiger partial charge in [0.25, 0.3) is 5.69 Å². The second-order valence-corrected chi connectivity index (χ2v) is 6.22. The van der Waals surface area contributed by atoms with Gasteiger partial charge in [-0.3, -0.25) is 10.1 Å². The highest BCUT2D eigenvalue weighted by atomic mass is 32.1. The normalized spacial score (nSPS) is 11.0. The van der Waals surface area contributed by atoms with Crippen LogP contribution in [0.2, 0.25) is 0 Å². The van der Waals surface area contributed by atoms with E-state index in [1.165, 1.54) is 17.4 Å². The van der Waals surface area contributed by atoms with Crippen molar-refractivity contribution in [3.8, 4) is 17.3 Å². The van der Waals surface area contributed by atoms with Gasteiger partial charge in [0.05, 0.1) is 16.2 Å². The predicted octanol–water partition coefficient (Wildman–Crippen LogP) is 4.82. The lowest BCUT2D eigenvalue weighted by Gasteiger charge is -2.03. The average Bonchev–Trinajstić information content (AvgIpc) is 3.16. The Bertz CT molecular complexity index is 1020. The topological polar surface area (TPSA) is 91.8 Å². The number of hydrogen-bond acceptors (Lipinski definition) is 6. The Morgan fingerprint density at radius 3 is 2.73 bits per heavy atom. The van der Waals surface area contributed by atoms with E-state index in [2.05, 4.69) is 16.4 Å². The quantitative estimate of drug-likeness (QED) is 0.399. The van der Waals surface area contributed by atoms with Crippen LogP contribution in [0.3, 0.4) is 0 Å². The van der Waals surface area contributed by atoms with E-state index in [0.717, 1.165) is 11.3 Å². The fourth-order valence-corrected chi connectivity index (χ4v) is 3.24. The summed E-state index contributed by atoms with van der Waals surface area (Å²) in [6, 6.07) is 16.6. The number of nitrogens with zero attached hydrogens (tertiary/aromatic N) is 3. The van der Waals surface area contributed by atoms with Crippen LogP contribution in [-0.2, 0) is 0 Å². The van der Waals surface area contributed by atoms with E-state index in [9.17, 15) is 15.4 Å². The molecule has 26 heavy (non-hydrogen) atoms. The summed E-state index contributed by atoms with van der Waals surface area (Å²) in [5.74, 6) is 0. The van der Waals surface area contributed by atoms with Gasteiger partial charge in [0, 0.05) is 24.1 Å². The van der Waals surface area contributed by atoms with Crippen molar-refractivity contribution >= 4 is 34.4 Å². The number of nitriles is 1. The molecule has 0 aliphatic carbocycles. The first-order valence-corrected chi connectivity index (χ1v) is 8.59. The van der Waals surface area contributed by atoms with Gasteiger partial charge in [-0.1, -0.05) is 36.4 Å². The lowest BCUT2D eigenvalue weighted by Crippen LogP contribution is -1.96. The highest BCUT2D eigenvalue weighted by molar-refractivity contribution is 7.11. The number of nitro groups is 1. The Kier molecular flexibility index (Phi) is 5.06. The van der Waals surface area contributed by atoms with Crippen molar-refractivity contribution in [2.75, 3.05) is 12.4 Å². The number of aromatic nitrogens is 1. The Morgan fingerprint density at radius 1 is 1.31 bits per heavy atom. The van der Waals surface area contributed by atoms with Crippen LogP contribution in [0, 0.1) is 21.4 Å². The van der Waals surface area contributed by atoms with Crippen molar-refractivity contribution in [2.45, 2.75) is 0 Å². The van der Waals surface area contributed by atoms with Crippen molar-refractivity contribution in [1.29, 1.82) is 5.26 Å². The molecule has 0 saturated carbocycles. The molecule has 0 fully saturated rings. The molecule has 1 N–H and O–H groups in total. The minimum Gasteiger partial charge on any atom is -0.383 e. The van der Waals surface area contributed by atoms with E-state index >= 15 is 0 Å². The standard InChI is InChI=1S/C19H14N4O2S/c1-21-16-8-7-13(10-18(16)23(24)25)9-15(11-20)19-22-17(12-26-19)14-5-3-2-4-6-14/h2-10,12,21H,1H3/b15-9-. The van der Waals surface area contributed by atoms with Gasteiger partial charge in [0.2, 0.25) is 0 Å². The molecule has 128 valence electrons. The molecule has 3 rings (SSSR count). The number of allylic oxidation sites excluding steroid dienone is 1. The van der Waals surface area contributed by atoms with Crippen molar-refractivity contribution in [2.24, 2.45) is 0 Å². The number of thiazole rings is 1. The fraction of sp³-hybridized carbons (Fsp3) is 0.0526. The first kappa shape index (κ1) is 17.3. The summed E-state index contributed by atoms with van der Waals surface area (Å²) in [6.45, 7) is 0. The van der Waals surface area contributed by atoms with Gasteiger partial charge in [0.15, 0.2) is 0 Å². The molecular weight excluding hydrogens is 348 g/mol. The predicted molar refractivity (Wildman–Crippen MR) is 104 cm³/mol. The molecule has 0 spiro atoms. The van der Waals surface area contributed by atoms with Crippen LogP contribution in [-0.4, -0.2) is 17.0 Å². The van der Waals surface area contributed by atoms with E-state index in [0.29, 0.717) is 21.8 Å². The maximum atomic E-state index is 11.2. The second-order valence-electron chi connectivity index (χ2n) is 5.36. The molecule has 0 bridgehead atoms. The summed E-state index contributed by atoms with van der Waals surface area (Å²) in [7, 11) is 1.62. The molecule has 0 amide bonds. The molecule has 3 aromatic rings. The van der Waals surface area contributed by atoms with Crippen molar-refractivity contribution < 1.29 is 4.92 Å². The molecule has 0 radical (unpaired) electrons. The number of nitro benzene ring substituents is 1. The van der Waals surface area contributed by atoms with Gasteiger partial charge < -0.3 is 5.32 Å². The van der Waals surface area contributed by atoms with Gasteiger partial charge in [-0.25, -0.2) is 4.98 Å². The third-order valence-electron chi connectivity index (χ3n) is 3.72. The Balaban J connectivity index is 1.97. The molecule has 0 saturated heterocycles. The number of nitrogens with one attached hydrogen (secondary N) is 1. The van der Waals surface area contributed by atoms with Crippen LogP contribution >= 0.6 is 11.3 Å². The fourth-order valence-electron chi connectivity index (χ4n) is 2.45. The zero-order chi connectivity index (χ0) is 18.5. The molecule has 0 atom stereocenters. The molecule has 7 heteroatoms. The maximum Gasteiger partial charge on any atom is 0.292 e. The van der Waals surface area contributed by atoms with Crippen LogP contribution in [0.4, 0.5) is 11.4 Å². The first-order chi connectivity index (χ1) is 12.6. The minimum atomic E-state index is -0.452. The smallest absolute Gasteiger partial charge is 0.292 e. The van der Waals surface area contributed by atoms with Crippen molar-refractivity contribution in [1.82, 2.24) is 4.98 Å². The lowest BCUT2D eigenvalue weighted by molar-refractivity contribution is -0.383. The average molecular weight is 362 g/mol. The number of anilines is 1. The van der Waals surface area contributed by atoms with Crippen LogP contribution < -0.4 is 5.32 Å². The summed E-state index contributed by atoms with van der Waals surface area (Å²) in [5.41, 5.74) is 3.09. The van der Waals surface area contributed by atoms with E-state index in [1.807, 2.05) is 35.7 Å². The summed E-state index contributed by atoms with van der Waals surface area (Å²) in [4.78, 5) is 15.3. The van der Waals surface area contributed by atoms with Gasteiger partial charge in [-0.2, -0.15) is 5.26 Å². The largest absolute Gasteiger partial charge is 0.383 e. The Hall–Kier alpha value is -3.50. The van der Waals surface area contributed by atoms with E-state index in [1.54, 1.807) is 25.3 Å². The summed E-state index contributed by atoms with van der Waals surface area (Å²) in [6.07, 6.45) is 1.61. The Labute approximate surface area is 154 Å². The SMILES string of the molecule is CNc1ccc(/C=C(/C#N)c2nc(-c3ccccc3)cs2)cc1[N+](=O)[O-]. The summed E-state index contributed by atoms with van der Waals surface area (Å²) < 4.78 is 0. The second kappa shape index (κ2) is 7.59. The van der Waals surface area contributed by atoms with Crippen molar-refractivity contribution in [3.63, 3.8) is 0 Å². The zero-order valence-electron chi connectivity index (χ0n) is 13.8. The molecule has 1 aromatic heterocycles. The van der Waals surface area contributed by atoms with E-state index in [-0.39, 0.29) is 5.69 Å². The van der Waals surface area contributed by atoms with Crippen LogP contribution in [0.1, 0.15) is 10.6 Å². The number of rotatable bonds is 5. The van der Waals surface area contributed by atoms with E-state index in [4.69, 9.17) is 0 Å². The molecular formula is C19H14N4O2S. The van der Waals surface area contributed by atoms with Crippen molar-refractivity contribution in [3.05, 3.63) is 74.6 Å². The van der Waals surface area contributed by atoms with E-state index < -0.39 is 4.92 Å². The molecule has 1 heterocycles. The minimum absolute atomic E-state index is 0.0392. The summed E-state index contributed by atoms with van der Waals surface area (Å²) >= 11 is 1.37. The van der Waals surface area contributed by atoms with Gasteiger partial charge in [-0.15, -0.1) is 11.3 Å².